The molecular weight excluding hydrogens is 427 g/mol. The molecule has 31 heavy (non-hydrogen) atoms. The Balaban J connectivity index is 0.00000480. The molecule has 0 aromatic rings. The zero-order valence-electron chi connectivity index (χ0n) is 18.5. The number of alkyl halides is 4. The van der Waals surface area contributed by atoms with Crippen LogP contribution in [0.5, 0.6) is 0 Å². The molecule has 0 aromatic heterocycles. The summed E-state index contributed by atoms with van der Waals surface area (Å²) >= 11 is 0. The molecule has 0 aromatic carbocycles. The fourth-order valence-electron chi connectivity index (χ4n) is 4.33. The molecular formula is C22H32F4NaO4. The molecule has 0 spiro atoms. The monoisotopic (exact) mass is 459 g/mol. The maximum absolute atomic E-state index is 14.9. The number of hydrogen-bond acceptors (Lipinski definition) is 3. The van der Waals surface area contributed by atoms with E-state index in [2.05, 4.69) is 0 Å². The summed E-state index contributed by atoms with van der Waals surface area (Å²) in [5.41, 5.74) is -2.24. The normalized spacial score (nSPS) is 30.0. The van der Waals surface area contributed by atoms with Crippen LogP contribution in [0.25, 0.3) is 0 Å². The van der Waals surface area contributed by atoms with Crippen molar-refractivity contribution in [2.24, 2.45) is 17.3 Å². The van der Waals surface area contributed by atoms with E-state index in [1.807, 2.05) is 0 Å². The molecule has 2 N–H and O–H groups in total. The number of rotatable bonds is 10. The molecule has 1 saturated carbocycles. The summed E-state index contributed by atoms with van der Waals surface area (Å²) < 4.78 is 61.3. The second kappa shape index (κ2) is 12.1. The number of carbonyl (C=O) groups is 1. The largest absolute Gasteiger partial charge is 0.492 e. The third-order valence-corrected chi connectivity index (χ3v) is 6.44. The van der Waals surface area contributed by atoms with Gasteiger partial charge in [0.1, 0.15) is 11.9 Å². The molecule has 6 atom stereocenters. The topological polar surface area (TPSA) is 66.8 Å². The summed E-state index contributed by atoms with van der Waals surface area (Å²) in [7, 11) is 0. The van der Waals surface area contributed by atoms with E-state index in [0.717, 1.165) is 6.92 Å². The molecule has 1 heterocycles. The number of carboxylic acids is 1. The summed E-state index contributed by atoms with van der Waals surface area (Å²) in [6, 6.07) is 0. The van der Waals surface area contributed by atoms with Gasteiger partial charge in [0.2, 0.25) is 0 Å². The number of ether oxygens (including phenoxy) is 1. The van der Waals surface area contributed by atoms with Crippen LogP contribution >= 0.6 is 0 Å². The number of halogens is 4. The average molecular weight is 459 g/mol. The van der Waals surface area contributed by atoms with Crippen LogP contribution in [0, 0.1) is 17.3 Å². The van der Waals surface area contributed by atoms with Crippen molar-refractivity contribution in [3.05, 3.63) is 24.0 Å². The minimum Gasteiger partial charge on any atom is -0.492 e. The standard InChI is InChI=1S/C22H32F4O4.Na/c1-3-4-13-21(2,22(24,25)26)17(27)12-10-14-9-11-15-19(14)20(23)16(30-15)7-5-6-8-18(28)29;/h7,10,12,14-15,17,19-20,27H,3-6,8-9,11,13H2,1-2H3,(H,28,29);/t14-,15+,17-,19-,20?,21?;/m1./s1. The number of fused-ring (bicyclic) bond motifs is 1. The first kappa shape index (κ1) is 28.5. The third kappa shape index (κ3) is 6.95. The van der Waals surface area contributed by atoms with Gasteiger partial charge in [0.05, 0.1) is 11.5 Å². The van der Waals surface area contributed by atoms with Gasteiger partial charge < -0.3 is 14.9 Å². The molecule has 1 aliphatic heterocycles. The van der Waals surface area contributed by atoms with Crippen molar-refractivity contribution in [1.82, 2.24) is 0 Å². The molecule has 2 aliphatic rings. The molecule has 9 heteroatoms. The quantitative estimate of drug-likeness (QED) is 0.204. The van der Waals surface area contributed by atoms with Gasteiger partial charge in [0.15, 0.2) is 6.17 Å². The van der Waals surface area contributed by atoms with Crippen molar-refractivity contribution in [3.63, 3.8) is 0 Å². The number of hydrogen-bond donors (Lipinski definition) is 2. The molecule has 2 unspecified atom stereocenters. The van der Waals surface area contributed by atoms with Crippen molar-refractivity contribution in [2.45, 2.75) is 89.8 Å². The molecule has 0 bridgehead atoms. The second-order valence-electron chi connectivity index (χ2n) is 8.62. The Morgan fingerprint density at radius 1 is 1.29 bits per heavy atom. The van der Waals surface area contributed by atoms with Crippen LogP contribution in [-0.4, -0.2) is 70.3 Å². The number of aliphatic hydroxyl groups is 1. The first-order chi connectivity index (χ1) is 14.0. The Kier molecular flexibility index (Phi) is 11.1. The maximum atomic E-state index is 14.9. The van der Waals surface area contributed by atoms with Crippen LogP contribution < -0.4 is 0 Å². The molecule has 4 nitrogen and oxygen atoms in total. The van der Waals surface area contributed by atoms with Crippen LogP contribution in [-0.2, 0) is 9.53 Å². The van der Waals surface area contributed by atoms with E-state index in [1.54, 1.807) is 13.0 Å². The number of allylic oxidation sites excluding steroid dienone is 3. The van der Waals surface area contributed by atoms with Gasteiger partial charge in [-0.05, 0) is 51.0 Å². The third-order valence-electron chi connectivity index (χ3n) is 6.44. The number of aliphatic hydroxyl groups excluding tert-OH is 1. The first-order valence-corrected chi connectivity index (χ1v) is 10.7. The molecule has 173 valence electrons. The van der Waals surface area contributed by atoms with Gasteiger partial charge in [0.25, 0.3) is 0 Å². The van der Waals surface area contributed by atoms with E-state index in [9.17, 15) is 27.5 Å². The Hall–Kier alpha value is -0.570. The van der Waals surface area contributed by atoms with E-state index in [1.165, 1.54) is 12.2 Å². The smallest absolute Gasteiger partial charge is 0.397 e. The van der Waals surface area contributed by atoms with Crippen LogP contribution in [0.4, 0.5) is 17.6 Å². The first-order valence-electron chi connectivity index (χ1n) is 10.7. The molecule has 2 rings (SSSR count). The molecule has 1 radical (unpaired) electrons. The minimum atomic E-state index is -4.55. The molecule has 1 saturated heterocycles. The molecule has 1 aliphatic carbocycles. The van der Waals surface area contributed by atoms with E-state index in [4.69, 9.17) is 9.84 Å². The van der Waals surface area contributed by atoms with Gasteiger partial charge in [-0.2, -0.15) is 13.2 Å². The van der Waals surface area contributed by atoms with Crippen LogP contribution in [0.1, 0.15) is 65.2 Å². The summed E-state index contributed by atoms with van der Waals surface area (Å²) in [4.78, 5) is 10.6. The maximum Gasteiger partial charge on any atom is 0.397 e. The number of unbranched alkanes of at least 4 members (excludes halogenated alkanes) is 2. The van der Waals surface area contributed by atoms with E-state index in [-0.39, 0.29) is 60.2 Å². The zero-order chi connectivity index (χ0) is 22.5. The predicted molar refractivity (Wildman–Crippen MR) is 110 cm³/mol. The SMILES string of the molecule is CCCCC(C)([C@H](O)C=C[C@H]1CC[C@@H]2OC(=CCCCC(=O)O)C(F)[C@@H]21)C(F)(F)F.[Na]. The summed E-state index contributed by atoms with van der Waals surface area (Å²) in [6.45, 7) is 2.83. The Bertz CT molecular complexity index is 652. The Morgan fingerprint density at radius 2 is 1.97 bits per heavy atom. The zero-order valence-corrected chi connectivity index (χ0v) is 20.5. The van der Waals surface area contributed by atoms with Crippen molar-refractivity contribution in [2.75, 3.05) is 0 Å². The van der Waals surface area contributed by atoms with Crippen LogP contribution in [0.15, 0.2) is 24.0 Å². The van der Waals surface area contributed by atoms with Gasteiger partial charge in [-0.25, -0.2) is 4.39 Å². The average Bonchev–Trinajstić information content (AvgIpc) is 3.20. The van der Waals surface area contributed by atoms with Gasteiger partial charge in [-0.1, -0.05) is 31.9 Å². The fraction of sp³-hybridized carbons (Fsp3) is 0.773. The van der Waals surface area contributed by atoms with Crippen molar-refractivity contribution < 1.29 is 37.3 Å². The summed E-state index contributed by atoms with van der Waals surface area (Å²) in [5.74, 6) is -1.53. The van der Waals surface area contributed by atoms with Crippen LogP contribution in [0.2, 0.25) is 0 Å². The second-order valence-corrected chi connectivity index (χ2v) is 8.62. The molecule has 2 fully saturated rings. The summed E-state index contributed by atoms with van der Waals surface area (Å²) in [6.07, 6.45) is -0.964. The number of aliphatic carboxylic acids is 1. The van der Waals surface area contributed by atoms with Crippen molar-refractivity contribution in [3.8, 4) is 0 Å². The van der Waals surface area contributed by atoms with E-state index in [0.29, 0.717) is 38.5 Å². The fourth-order valence-corrected chi connectivity index (χ4v) is 4.33. The van der Waals surface area contributed by atoms with E-state index >= 15 is 0 Å². The van der Waals surface area contributed by atoms with Crippen molar-refractivity contribution >= 4 is 35.5 Å². The minimum absolute atomic E-state index is 0. The van der Waals surface area contributed by atoms with E-state index < -0.39 is 35.8 Å². The van der Waals surface area contributed by atoms with Gasteiger partial charge in [-0.3, -0.25) is 4.79 Å². The van der Waals surface area contributed by atoms with Gasteiger partial charge in [-0.15, -0.1) is 0 Å². The predicted octanol–water partition coefficient (Wildman–Crippen LogP) is 5.18. The Labute approximate surface area is 203 Å². The van der Waals surface area contributed by atoms with Gasteiger partial charge in [0, 0.05) is 41.9 Å². The summed E-state index contributed by atoms with van der Waals surface area (Å²) in [5, 5.41) is 19.0. The van der Waals surface area contributed by atoms with Crippen molar-refractivity contribution in [1.29, 1.82) is 0 Å². The Morgan fingerprint density at radius 3 is 2.55 bits per heavy atom. The number of carboxylic acid groups (broad SMARTS) is 1. The van der Waals surface area contributed by atoms with Gasteiger partial charge >= 0.3 is 12.1 Å². The molecule has 0 amide bonds. The van der Waals surface area contributed by atoms with Crippen LogP contribution in [0.3, 0.4) is 0 Å².